The van der Waals surface area contributed by atoms with E-state index in [1.165, 1.54) is 12.1 Å². The third-order valence-electron chi connectivity index (χ3n) is 2.68. The Hall–Kier alpha value is -2.20. The van der Waals surface area contributed by atoms with E-state index >= 15 is 0 Å². The van der Waals surface area contributed by atoms with Crippen molar-refractivity contribution in [2.24, 2.45) is 0 Å². The van der Waals surface area contributed by atoms with Crippen LogP contribution in [0.3, 0.4) is 0 Å². The van der Waals surface area contributed by atoms with E-state index in [2.05, 4.69) is 4.98 Å². The predicted molar refractivity (Wildman–Crippen MR) is 70.7 cm³/mol. The second kappa shape index (κ2) is 4.48. The molecular weight excluding hydrogens is 269 g/mol. The molecule has 94 valence electrons. The molecule has 0 bridgehead atoms. The molecule has 0 aliphatic heterocycles. The number of hydrogen-bond donors (Lipinski definition) is 0. The normalized spacial score (nSPS) is 10.8. The van der Waals surface area contributed by atoms with E-state index in [1.54, 1.807) is 30.3 Å². The monoisotopic (exact) mass is 275 g/mol. The number of aromatic nitrogens is 1. The second-order valence-electron chi connectivity index (χ2n) is 3.95. The van der Waals surface area contributed by atoms with Gasteiger partial charge in [0.05, 0.1) is 5.52 Å². The van der Waals surface area contributed by atoms with Gasteiger partial charge >= 0.3 is 5.63 Å². The van der Waals surface area contributed by atoms with Crippen LogP contribution in [0, 0.1) is 5.82 Å². The highest BCUT2D eigenvalue weighted by Gasteiger charge is 2.11. The quantitative estimate of drug-likeness (QED) is 0.681. The minimum absolute atomic E-state index is 0.116. The Bertz CT molecular complexity index is 829. The second-order valence-corrected chi connectivity index (χ2v) is 4.39. The molecule has 0 N–H and O–H groups in total. The van der Waals surface area contributed by atoms with Crippen molar-refractivity contribution in [1.29, 1.82) is 0 Å². The molecule has 0 fully saturated rings. The molecule has 0 aliphatic rings. The van der Waals surface area contributed by atoms with E-state index in [9.17, 15) is 9.18 Å². The third-order valence-corrected chi connectivity index (χ3v) is 2.91. The minimum Gasteiger partial charge on any atom is -0.403 e. The molecule has 1 aromatic heterocycles. The van der Waals surface area contributed by atoms with Crippen molar-refractivity contribution in [1.82, 2.24) is 4.98 Å². The summed E-state index contributed by atoms with van der Waals surface area (Å²) >= 11 is 5.87. The molecule has 3 rings (SSSR count). The highest BCUT2D eigenvalue weighted by molar-refractivity contribution is 6.30. The van der Waals surface area contributed by atoms with Gasteiger partial charge in [0.2, 0.25) is 5.89 Å². The van der Waals surface area contributed by atoms with E-state index in [-0.39, 0.29) is 16.8 Å². The highest BCUT2D eigenvalue weighted by Crippen LogP contribution is 2.22. The lowest BCUT2D eigenvalue weighted by Gasteiger charge is -2.02. The molecule has 2 aromatic carbocycles. The molecule has 0 aliphatic carbocycles. The molecule has 0 spiro atoms. The van der Waals surface area contributed by atoms with Crippen LogP contribution in [0.25, 0.3) is 22.4 Å². The first-order valence-corrected chi connectivity index (χ1v) is 5.88. The van der Waals surface area contributed by atoms with Crippen molar-refractivity contribution in [2.45, 2.75) is 0 Å². The lowest BCUT2D eigenvalue weighted by molar-refractivity contribution is 0.513. The summed E-state index contributed by atoms with van der Waals surface area (Å²) in [6.45, 7) is 0. The molecule has 0 saturated carbocycles. The van der Waals surface area contributed by atoms with Gasteiger partial charge in [-0.05, 0) is 30.3 Å². The van der Waals surface area contributed by atoms with E-state index in [0.29, 0.717) is 10.6 Å². The average molecular weight is 276 g/mol. The van der Waals surface area contributed by atoms with Crippen LogP contribution >= 0.6 is 11.6 Å². The van der Waals surface area contributed by atoms with Crippen molar-refractivity contribution < 1.29 is 8.81 Å². The minimum atomic E-state index is -0.752. The number of rotatable bonds is 1. The topological polar surface area (TPSA) is 43.1 Å². The van der Waals surface area contributed by atoms with Crippen LogP contribution in [0.5, 0.6) is 0 Å². The fraction of sp³-hybridized carbons (Fsp3) is 0. The fourth-order valence-electron chi connectivity index (χ4n) is 1.82. The average Bonchev–Trinajstić information content (AvgIpc) is 2.38. The van der Waals surface area contributed by atoms with E-state index in [0.717, 1.165) is 0 Å². The van der Waals surface area contributed by atoms with Crippen LogP contribution in [-0.2, 0) is 0 Å². The molecule has 0 radical (unpaired) electrons. The summed E-state index contributed by atoms with van der Waals surface area (Å²) < 4.78 is 18.6. The third kappa shape index (κ3) is 2.11. The lowest BCUT2D eigenvalue weighted by atomic mass is 10.2. The maximum Gasteiger partial charge on any atom is 0.350 e. The maximum absolute atomic E-state index is 13.5. The molecule has 5 heteroatoms. The van der Waals surface area contributed by atoms with Gasteiger partial charge < -0.3 is 4.42 Å². The maximum atomic E-state index is 13.5. The van der Waals surface area contributed by atoms with Crippen LogP contribution in [0.4, 0.5) is 4.39 Å². The van der Waals surface area contributed by atoms with Crippen molar-refractivity contribution >= 4 is 22.5 Å². The Balaban J connectivity index is 2.30. The zero-order chi connectivity index (χ0) is 13.4. The Morgan fingerprint density at radius 1 is 1.16 bits per heavy atom. The molecule has 0 atom stereocenters. The van der Waals surface area contributed by atoms with Gasteiger partial charge in [0.15, 0.2) is 0 Å². The smallest absolute Gasteiger partial charge is 0.350 e. The first-order chi connectivity index (χ1) is 9.15. The number of nitrogens with zero attached hydrogens (tertiary/aromatic N) is 1. The van der Waals surface area contributed by atoms with Crippen molar-refractivity contribution in [3.63, 3.8) is 0 Å². The van der Waals surface area contributed by atoms with Gasteiger partial charge in [-0.25, -0.2) is 14.2 Å². The van der Waals surface area contributed by atoms with Crippen molar-refractivity contribution in [3.05, 3.63) is 63.7 Å². The zero-order valence-electron chi connectivity index (χ0n) is 9.56. The summed E-state index contributed by atoms with van der Waals surface area (Å²) in [5, 5.41) is 0.356. The van der Waals surface area contributed by atoms with E-state index in [4.69, 9.17) is 16.0 Å². The highest BCUT2D eigenvalue weighted by atomic mass is 35.5. The summed E-state index contributed by atoms with van der Waals surface area (Å²) in [5.41, 5.74) is 0.0695. The Morgan fingerprint density at radius 2 is 1.95 bits per heavy atom. The van der Waals surface area contributed by atoms with Gasteiger partial charge in [0.1, 0.15) is 11.2 Å². The Morgan fingerprint density at radius 3 is 2.74 bits per heavy atom. The van der Waals surface area contributed by atoms with Gasteiger partial charge in [-0.3, -0.25) is 0 Å². The van der Waals surface area contributed by atoms with Gasteiger partial charge in [-0.15, -0.1) is 0 Å². The zero-order valence-corrected chi connectivity index (χ0v) is 10.3. The van der Waals surface area contributed by atoms with Crippen LogP contribution in [0.2, 0.25) is 5.02 Å². The van der Waals surface area contributed by atoms with Gasteiger partial charge in [-0.1, -0.05) is 23.7 Å². The molecule has 1 heterocycles. The summed E-state index contributed by atoms with van der Waals surface area (Å²) in [5.74, 6) is -0.526. The number of hydrogen-bond acceptors (Lipinski definition) is 3. The Labute approximate surface area is 112 Å². The van der Waals surface area contributed by atoms with Crippen LogP contribution < -0.4 is 5.63 Å². The molecule has 0 unspecified atom stereocenters. The van der Waals surface area contributed by atoms with Crippen LogP contribution in [-0.4, -0.2) is 4.98 Å². The number of benzene rings is 2. The van der Waals surface area contributed by atoms with E-state index < -0.39 is 11.4 Å². The summed E-state index contributed by atoms with van der Waals surface area (Å²) in [6.07, 6.45) is 0. The van der Waals surface area contributed by atoms with Crippen LogP contribution in [0.15, 0.2) is 51.7 Å². The molecule has 0 saturated heterocycles. The van der Waals surface area contributed by atoms with Gasteiger partial charge in [-0.2, -0.15) is 0 Å². The molecule has 19 heavy (non-hydrogen) atoms. The first-order valence-electron chi connectivity index (χ1n) is 5.50. The molecule has 0 amide bonds. The Kier molecular flexibility index (Phi) is 2.80. The fourth-order valence-corrected chi connectivity index (χ4v) is 2.01. The number of fused-ring (bicyclic) bond motifs is 1. The first kappa shape index (κ1) is 11.9. The van der Waals surface area contributed by atoms with Crippen LogP contribution in [0.1, 0.15) is 0 Å². The summed E-state index contributed by atoms with van der Waals surface area (Å²) in [7, 11) is 0. The predicted octanol–water partition coefficient (Wildman–Crippen LogP) is 3.65. The summed E-state index contributed by atoms with van der Waals surface area (Å²) in [6, 6.07) is 11.0. The standard InChI is InChI=1S/C14H7ClFNO2/c15-9-4-1-3-8(7-9)13-17-11-6-2-5-10(16)12(11)14(18)19-13/h1-7H. The van der Waals surface area contributed by atoms with E-state index in [1.807, 2.05) is 0 Å². The lowest BCUT2D eigenvalue weighted by Crippen LogP contribution is -2.05. The molecular formula is C14H7ClFNO2. The SMILES string of the molecule is O=c1oc(-c2cccc(Cl)c2)nc2cccc(F)c12. The largest absolute Gasteiger partial charge is 0.403 e. The van der Waals surface area contributed by atoms with Gasteiger partial charge in [0.25, 0.3) is 0 Å². The van der Waals surface area contributed by atoms with Gasteiger partial charge in [0, 0.05) is 10.6 Å². The molecule has 3 aromatic rings. The number of halogens is 2. The molecule has 3 nitrogen and oxygen atoms in total. The van der Waals surface area contributed by atoms with Crippen molar-refractivity contribution in [2.75, 3.05) is 0 Å². The van der Waals surface area contributed by atoms with Crippen molar-refractivity contribution in [3.8, 4) is 11.5 Å². The summed E-state index contributed by atoms with van der Waals surface area (Å²) in [4.78, 5) is 15.9.